The predicted molar refractivity (Wildman–Crippen MR) is 115 cm³/mol. The highest BCUT2D eigenvalue weighted by molar-refractivity contribution is 8.27. The number of rotatable bonds is 6. The molecule has 0 aliphatic carbocycles. The fourth-order valence-electron chi connectivity index (χ4n) is 2.73. The first-order valence-corrected chi connectivity index (χ1v) is 9.46. The van der Waals surface area contributed by atoms with E-state index in [4.69, 9.17) is 31.2 Å². The van der Waals surface area contributed by atoms with Gasteiger partial charge in [0.05, 0.1) is 39.0 Å². The maximum Gasteiger partial charge on any atom is 0.270 e. The number of carbonyl (C=O) groups is 1. The minimum atomic E-state index is -0.197. The predicted octanol–water partition coefficient (Wildman–Crippen LogP) is 4.13. The smallest absolute Gasteiger partial charge is 0.270 e. The van der Waals surface area contributed by atoms with Gasteiger partial charge in [-0.1, -0.05) is 24.0 Å². The number of ether oxygens (including phenoxy) is 4. The lowest BCUT2D eigenvalue weighted by atomic mass is 10.1. The van der Waals surface area contributed by atoms with Crippen molar-refractivity contribution in [2.45, 2.75) is 0 Å². The zero-order valence-corrected chi connectivity index (χ0v) is 17.5. The number of thiocarbonyl (C=S) groups is 1. The zero-order chi connectivity index (χ0) is 20.3. The van der Waals surface area contributed by atoms with Crippen molar-refractivity contribution in [3.05, 3.63) is 46.9 Å². The second-order valence-electron chi connectivity index (χ2n) is 5.66. The fourth-order valence-corrected chi connectivity index (χ4v) is 4.02. The Morgan fingerprint density at radius 1 is 0.893 bits per heavy atom. The summed E-state index contributed by atoms with van der Waals surface area (Å²) in [6, 6.07) is 10.6. The van der Waals surface area contributed by atoms with Crippen LogP contribution in [0.2, 0.25) is 0 Å². The van der Waals surface area contributed by atoms with Gasteiger partial charge in [0, 0.05) is 11.6 Å². The number of methoxy groups -OCH3 is 4. The molecule has 1 heterocycles. The zero-order valence-electron chi connectivity index (χ0n) is 15.8. The summed E-state index contributed by atoms with van der Waals surface area (Å²) in [5, 5.41) is 0. The highest BCUT2D eigenvalue weighted by Gasteiger charge is 2.33. The van der Waals surface area contributed by atoms with E-state index in [0.29, 0.717) is 43.5 Å². The van der Waals surface area contributed by atoms with E-state index < -0.39 is 0 Å². The summed E-state index contributed by atoms with van der Waals surface area (Å²) in [5.41, 5.74) is 1.38. The van der Waals surface area contributed by atoms with Gasteiger partial charge in [0.1, 0.15) is 11.5 Å². The lowest BCUT2D eigenvalue weighted by Gasteiger charge is -2.15. The molecule has 2 aromatic rings. The topological polar surface area (TPSA) is 57.2 Å². The van der Waals surface area contributed by atoms with Crippen molar-refractivity contribution in [2.24, 2.45) is 0 Å². The van der Waals surface area contributed by atoms with Crippen LogP contribution in [0, 0.1) is 0 Å². The van der Waals surface area contributed by atoms with Gasteiger partial charge >= 0.3 is 0 Å². The van der Waals surface area contributed by atoms with E-state index in [1.54, 1.807) is 70.9 Å². The molecule has 3 rings (SSSR count). The van der Waals surface area contributed by atoms with Crippen LogP contribution in [0.1, 0.15) is 5.56 Å². The third-order valence-electron chi connectivity index (χ3n) is 4.15. The molecule has 28 heavy (non-hydrogen) atoms. The van der Waals surface area contributed by atoms with E-state index >= 15 is 0 Å². The Bertz CT molecular complexity index is 940. The lowest BCUT2D eigenvalue weighted by molar-refractivity contribution is -0.113. The van der Waals surface area contributed by atoms with Gasteiger partial charge < -0.3 is 18.9 Å². The normalized spacial score (nSPS) is 15.1. The number of amides is 1. The Hall–Kier alpha value is -2.71. The van der Waals surface area contributed by atoms with Crippen molar-refractivity contribution < 1.29 is 23.7 Å². The largest absolute Gasteiger partial charge is 0.497 e. The third kappa shape index (κ3) is 3.79. The summed E-state index contributed by atoms with van der Waals surface area (Å²) >= 11 is 6.66. The van der Waals surface area contributed by atoms with Gasteiger partial charge in [-0.3, -0.25) is 9.69 Å². The number of benzene rings is 2. The van der Waals surface area contributed by atoms with Crippen LogP contribution in [-0.2, 0) is 4.79 Å². The standard InChI is InChI=1S/C20H19NO5S2/c1-23-14-7-5-13(6-8-14)21-19(22)18(28-20(21)27)10-12-9-16(25-3)17(26-4)11-15(12)24-2/h5-11H,1-4H3. The molecule has 0 saturated carbocycles. The summed E-state index contributed by atoms with van der Waals surface area (Å²) in [4.78, 5) is 15.0. The Morgan fingerprint density at radius 2 is 1.50 bits per heavy atom. The molecule has 0 N–H and O–H groups in total. The van der Waals surface area contributed by atoms with Crippen molar-refractivity contribution in [3.63, 3.8) is 0 Å². The Balaban J connectivity index is 1.97. The number of anilines is 1. The summed E-state index contributed by atoms with van der Waals surface area (Å²) < 4.78 is 21.7. The molecular weight excluding hydrogens is 398 g/mol. The lowest BCUT2D eigenvalue weighted by Crippen LogP contribution is -2.27. The van der Waals surface area contributed by atoms with Gasteiger partial charge in [-0.2, -0.15) is 0 Å². The Kier molecular flexibility index (Phi) is 6.11. The number of hydrogen-bond acceptors (Lipinski definition) is 7. The molecule has 0 spiro atoms. The number of nitrogens with zero attached hydrogens (tertiary/aromatic N) is 1. The van der Waals surface area contributed by atoms with Crippen LogP contribution in [-0.4, -0.2) is 38.7 Å². The summed E-state index contributed by atoms with van der Waals surface area (Å²) in [6.07, 6.45) is 1.74. The van der Waals surface area contributed by atoms with Gasteiger partial charge in [0.2, 0.25) is 0 Å². The number of hydrogen-bond donors (Lipinski definition) is 0. The van der Waals surface area contributed by atoms with E-state index in [9.17, 15) is 4.79 Å². The first-order valence-electron chi connectivity index (χ1n) is 8.24. The molecule has 8 heteroatoms. The van der Waals surface area contributed by atoms with Crippen LogP contribution in [0.4, 0.5) is 5.69 Å². The third-order valence-corrected chi connectivity index (χ3v) is 5.45. The first kappa shape index (κ1) is 20.0. The first-order chi connectivity index (χ1) is 13.5. The monoisotopic (exact) mass is 417 g/mol. The second kappa shape index (κ2) is 8.53. The molecule has 0 atom stereocenters. The molecule has 0 radical (unpaired) electrons. The van der Waals surface area contributed by atoms with E-state index in [2.05, 4.69) is 0 Å². The van der Waals surface area contributed by atoms with Crippen LogP contribution in [0.5, 0.6) is 23.0 Å². The summed E-state index contributed by atoms with van der Waals surface area (Å²) in [7, 11) is 6.25. The van der Waals surface area contributed by atoms with Crippen LogP contribution < -0.4 is 23.8 Å². The van der Waals surface area contributed by atoms with E-state index in [1.165, 1.54) is 16.7 Å². The van der Waals surface area contributed by atoms with E-state index in [-0.39, 0.29) is 5.91 Å². The Labute approximate surface area is 173 Å². The molecule has 146 valence electrons. The summed E-state index contributed by atoms with van der Waals surface area (Å²) in [5.74, 6) is 2.16. The number of thioether (sulfide) groups is 1. The van der Waals surface area contributed by atoms with Crippen LogP contribution in [0.3, 0.4) is 0 Å². The van der Waals surface area contributed by atoms with Crippen molar-refractivity contribution >= 4 is 46.0 Å². The molecular formula is C20H19NO5S2. The van der Waals surface area contributed by atoms with Crippen molar-refractivity contribution in [1.82, 2.24) is 0 Å². The highest BCUT2D eigenvalue weighted by atomic mass is 32.2. The van der Waals surface area contributed by atoms with Crippen molar-refractivity contribution in [1.29, 1.82) is 0 Å². The molecule has 0 aromatic heterocycles. The maximum atomic E-state index is 13.0. The molecule has 1 saturated heterocycles. The molecule has 1 amide bonds. The minimum absolute atomic E-state index is 0.197. The van der Waals surface area contributed by atoms with Crippen molar-refractivity contribution in [3.8, 4) is 23.0 Å². The van der Waals surface area contributed by atoms with Crippen LogP contribution in [0.15, 0.2) is 41.3 Å². The van der Waals surface area contributed by atoms with Crippen LogP contribution >= 0.6 is 24.0 Å². The second-order valence-corrected chi connectivity index (χ2v) is 7.34. The molecule has 0 bridgehead atoms. The molecule has 2 aromatic carbocycles. The minimum Gasteiger partial charge on any atom is -0.497 e. The number of carbonyl (C=O) groups excluding carboxylic acids is 1. The molecule has 0 unspecified atom stereocenters. The average Bonchev–Trinajstić information content (AvgIpc) is 3.00. The molecule has 1 fully saturated rings. The SMILES string of the molecule is COc1ccc(N2C(=O)C(=Cc3cc(OC)c(OC)cc3OC)SC2=S)cc1. The molecule has 1 aliphatic heterocycles. The van der Waals surface area contributed by atoms with Crippen molar-refractivity contribution in [2.75, 3.05) is 33.3 Å². The quantitative estimate of drug-likeness (QED) is 0.517. The van der Waals surface area contributed by atoms with Gasteiger partial charge in [-0.25, -0.2) is 0 Å². The van der Waals surface area contributed by atoms with Gasteiger partial charge in [0.15, 0.2) is 15.8 Å². The van der Waals surface area contributed by atoms with Crippen LogP contribution in [0.25, 0.3) is 6.08 Å². The maximum absolute atomic E-state index is 13.0. The fraction of sp³-hybridized carbons (Fsp3) is 0.200. The summed E-state index contributed by atoms with van der Waals surface area (Å²) in [6.45, 7) is 0. The van der Waals surface area contributed by atoms with E-state index in [1.807, 2.05) is 0 Å². The van der Waals surface area contributed by atoms with Gasteiger partial charge in [-0.05, 0) is 36.4 Å². The van der Waals surface area contributed by atoms with Gasteiger partial charge in [0.25, 0.3) is 5.91 Å². The highest BCUT2D eigenvalue weighted by Crippen LogP contribution is 2.40. The Morgan fingerprint density at radius 3 is 2.07 bits per heavy atom. The van der Waals surface area contributed by atoms with Gasteiger partial charge in [-0.15, -0.1) is 0 Å². The molecule has 1 aliphatic rings. The molecule has 6 nitrogen and oxygen atoms in total. The average molecular weight is 418 g/mol. The van der Waals surface area contributed by atoms with E-state index in [0.717, 1.165) is 0 Å².